The Labute approximate surface area is 259 Å². The summed E-state index contributed by atoms with van der Waals surface area (Å²) in [6.07, 6.45) is 32.3. The molecule has 2 unspecified atom stereocenters. The number of phosphoric ester groups is 1. The van der Waals surface area contributed by atoms with Crippen LogP contribution in [-0.2, 0) is 27.9 Å². The number of unbranched alkanes of at least 4 members (excludes halogenated alkanes) is 5. The number of hydrogen-bond acceptors (Lipinski definition) is 7. The van der Waals surface area contributed by atoms with Crippen LogP contribution in [0.15, 0.2) is 60.8 Å². The number of aliphatic hydroxyl groups excluding tert-OH is 1. The zero-order chi connectivity index (χ0) is 31.9. The van der Waals surface area contributed by atoms with Crippen molar-refractivity contribution in [2.75, 3.05) is 26.4 Å². The number of ether oxygens (including phenoxy) is 1. The first kappa shape index (κ1) is 40.7. The fourth-order valence-electron chi connectivity index (χ4n) is 3.58. The number of phosphoric acid groups is 1. The maximum atomic E-state index is 11.9. The van der Waals surface area contributed by atoms with E-state index in [0.717, 1.165) is 70.6 Å². The zero-order valence-electron chi connectivity index (χ0n) is 26.4. The topological polar surface area (TPSA) is 131 Å². The van der Waals surface area contributed by atoms with E-state index in [-0.39, 0.29) is 32.1 Å². The first-order valence-electron chi connectivity index (χ1n) is 15.8. The number of nitrogens with one attached hydrogen (secondary N) is 1. The predicted molar refractivity (Wildman–Crippen MR) is 173 cm³/mol. The van der Waals surface area contributed by atoms with E-state index < -0.39 is 26.5 Å². The monoisotopic (exact) mass is 625 g/mol. The highest BCUT2D eigenvalue weighted by molar-refractivity contribution is 7.47. The molecular weight excluding hydrogens is 569 g/mol. The second-order valence-electron chi connectivity index (χ2n) is 10.0. The van der Waals surface area contributed by atoms with Crippen molar-refractivity contribution in [3.63, 3.8) is 0 Å². The Bertz CT molecular complexity index is 897. The molecule has 0 radical (unpaired) electrons. The van der Waals surface area contributed by atoms with Crippen LogP contribution in [0.25, 0.3) is 0 Å². The summed E-state index contributed by atoms with van der Waals surface area (Å²) in [6, 6.07) is 0. The molecule has 0 saturated carbocycles. The Kier molecular flexibility index (Phi) is 28.2. The minimum atomic E-state index is -4.40. The van der Waals surface area contributed by atoms with Crippen molar-refractivity contribution in [1.29, 1.82) is 0 Å². The highest BCUT2D eigenvalue weighted by Crippen LogP contribution is 2.42. The smallest absolute Gasteiger partial charge is 0.463 e. The van der Waals surface area contributed by atoms with E-state index in [1.165, 1.54) is 0 Å². The lowest BCUT2D eigenvalue weighted by Crippen LogP contribution is -2.27. The van der Waals surface area contributed by atoms with E-state index in [2.05, 4.69) is 73.0 Å². The Hall–Kier alpha value is -2.29. The van der Waals surface area contributed by atoms with Gasteiger partial charge in [0.15, 0.2) is 0 Å². The third-order valence-corrected chi connectivity index (χ3v) is 6.95. The standard InChI is InChI=1S/C33H56NO8P/c1-3-5-7-8-9-10-11-12-13-14-15-16-17-18-19-20-21-22-24-26-33(37)40-29-31(35)30-42-43(38,39)41-28-27-34-32(36)25-23-6-4-2/h5,7,9-10,12-13,15-16,18-19,31,35H,3-4,6,8,11,14,17,20-30H2,1-2H3,(H,34,36)(H,38,39)/b7-5-,10-9-,13-12-,16-15-,19-18-. The molecule has 0 aliphatic rings. The van der Waals surface area contributed by atoms with Crippen molar-refractivity contribution >= 4 is 19.7 Å². The quantitative estimate of drug-likeness (QED) is 0.0354. The van der Waals surface area contributed by atoms with Gasteiger partial charge in [-0.1, -0.05) is 93.9 Å². The lowest BCUT2D eigenvalue weighted by molar-refractivity contribution is -0.147. The molecule has 43 heavy (non-hydrogen) atoms. The third kappa shape index (κ3) is 31.0. The first-order chi connectivity index (χ1) is 20.8. The lowest BCUT2D eigenvalue weighted by atomic mass is 10.1. The molecule has 0 bridgehead atoms. The van der Waals surface area contributed by atoms with Gasteiger partial charge in [-0.05, 0) is 57.8 Å². The van der Waals surface area contributed by atoms with Gasteiger partial charge in [-0.3, -0.25) is 18.6 Å². The maximum absolute atomic E-state index is 11.9. The van der Waals surface area contributed by atoms with Gasteiger partial charge in [-0.2, -0.15) is 0 Å². The van der Waals surface area contributed by atoms with Crippen LogP contribution in [0.2, 0.25) is 0 Å². The number of carbonyl (C=O) groups excluding carboxylic acids is 2. The van der Waals surface area contributed by atoms with E-state index in [4.69, 9.17) is 13.8 Å². The van der Waals surface area contributed by atoms with Crippen LogP contribution in [0.1, 0.15) is 104 Å². The molecule has 10 heteroatoms. The van der Waals surface area contributed by atoms with Gasteiger partial charge in [0.25, 0.3) is 0 Å². The summed E-state index contributed by atoms with van der Waals surface area (Å²) in [6.45, 7) is 3.17. The molecule has 0 aromatic heterocycles. The first-order valence-corrected chi connectivity index (χ1v) is 17.3. The van der Waals surface area contributed by atoms with E-state index >= 15 is 0 Å². The van der Waals surface area contributed by atoms with E-state index in [1.807, 2.05) is 6.92 Å². The summed E-state index contributed by atoms with van der Waals surface area (Å²) in [5, 5.41) is 12.5. The number of esters is 1. The molecule has 2 atom stereocenters. The number of hydrogen-bond donors (Lipinski definition) is 3. The van der Waals surface area contributed by atoms with Crippen molar-refractivity contribution in [2.45, 2.75) is 110 Å². The van der Waals surface area contributed by atoms with Crippen LogP contribution < -0.4 is 5.32 Å². The highest BCUT2D eigenvalue weighted by atomic mass is 31.2. The molecule has 0 fully saturated rings. The molecule has 0 aliphatic carbocycles. The van der Waals surface area contributed by atoms with Gasteiger partial charge < -0.3 is 20.1 Å². The van der Waals surface area contributed by atoms with Crippen LogP contribution in [-0.4, -0.2) is 54.3 Å². The van der Waals surface area contributed by atoms with Crippen LogP contribution in [0.4, 0.5) is 0 Å². The Balaban J connectivity index is 3.73. The van der Waals surface area contributed by atoms with Gasteiger partial charge in [0, 0.05) is 19.4 Å². The molecule has 0 aromatic carbocycles. The van der Waals surface area contributed by atoms with Crippen LogP contribution in [0.3, 0.4) is 0 Å². The fraction of sp³-hybridized carbons (Fsp3) is 0.636. The number of rotatable bonds is 28. The molecular formula is C33H56NO8P. The average molecular weight is 626 g/mol. The fourth-order valence-corrected chi connectivity index (χ4v) is 4.34. The number of amides is 1. The largest absolute Gasteiger partial charge is 0.472 e. The second kappa shape index (κ2) is 29.8. The van der Waals surface area contributed by atoms with Gasteiger partial charge >= 0.3 is 13.8 Å². The second-order valence-corrected chi connectivity index (χ2v) is 11.5. The molecule has 9 nitrogen and oxygen atoms in total. The van der Waals surface area contributed by atoms with Crippen molar-refractivity contribution in [2.24, 2.45) is 0 Å². The van der Waals surface area contributed by atoms with E-state index in [9.17, 15) is 24.2 Å². The van der Waals surface area contributed by atoms with Crippen molar-refractivity contribution in [3.8, 4) is 0 Å². The van der Waals surface area contributed by atoms with Gasteiger partial charge in [0.2, 0.25) is 5.91 Å². The van der Waals surface area contributed by atoms with Crippen molar-refractivity contribution < 1.29 is 37.9 Å². The normalized spacial score (nSPS) is 14.4. The molecule has 0 aromatic rings. The molecule has 0 aliphatic heterocycles. The molecule has 0 spiro atoms. The number of carbonyl (C=O) groups is 2. The molecule has 1 amide bonds. The van der Waals surface area contributed by atoms with Crippen LogP contribution in [0, 0.1) is 0 Å². The molecule has 0 rings (SSSR count). The summed E-state index contributed by atoms with van der Waals surface area (Å²) in [5.41, 5.74) is 0. The lowest BCUT2D eigenvalue weighted by Gasteiger charge is -2.15. The summed E-state index contributed by atoms with van der Waals surface area (Å²) in [7, 11) is -4.40. The maximum Gasteiger partial charge on any atom is 0.472 e. The van der Waals surface area contributed by atoms with Gasteiger partial charge in [0.1, 0.15) is 12.7 Å². The van der Waals surface area contributed by atoms with Gasteiger partial charge in [-0.25, -0.2) is 4.57 Å². The van der Waals surface area contributed by atoms with Gasteiger partial charge in [0.05, 0.1) is 13.2 Å². The van der Waals surface area contributed by atoms with E-state index in [0.29, 0.717) is 12.8 Å². The molecule has 0 saturated heterocycles. The van der Waals surface area contributed by atoms with Crippen molar-refractivity contribution in [3.05, 3.63) is 60.8 Å². The summed E-state index contributed by atoms with van der Waals surface area (Å²) >= 11 is 0. The van der Waals surface area contributed by atoms with Crippen molar-refractivity contribution in [1.82, 2.24) is 5.32 Å². The highest BCUT2D eigenvalue weighted by Gasteiger charge is 2.23. The zero-order valence-corrected chi connectivity index (χ0v) is 27.3. The average Bonchev–Trinajstić information content (AvgIpc) is 2.98. The summed E-state index contributed by atoms with van der Waals surface area (Å²) in [4.78, 5) is 33.1. The van der Waals surface area contributed by atoms with Crippen LogP contribution >= 0.6 is 7.82 Å². The summed E-state index contributed by atoms with van der Waals surface area (Å²) < 4.78 is 26.4. The Morgan fingerprint density at radius 2 is 1.33 bits per heavy atom. The molecule has 0 heterocycles. The third-order valence-electron chi connectivity index (χ3n) is 5.96. The molecule has 3 N–H and O–H groups in total. The number of aliphatic hydroxyl groups is 1. The SMILES string of the molecule is CC/C=C\C/C=C\C/C=C\C/C=C\C/C=C\CCCCCC(=O)OCC(O)COP(=O)(O)OCCNC(=O)CCCCC. The number of allylic oxidation sites excluding steroid dienone is 10. The van der Waals surface area contributed by atoms with Crippen LogP contribution in [0.5, 0.6) is 0 Å². The van der Waals surface area contributed by atoms with E-state index in [1.54, 1.807) is 0 Å². The summed E-state index contributed by atoms with van der Waals surface area (Å²) in [5.74, 6) is -0.583. The Morgan fingerprint density at radius 1 is 0.744 bits per heavy atom. The molecule has 246 valence electrons. The Morgan fingerprint density at radius 3 is 1.93 bits per heavy atom. The minimum Gasteiger partial charge on any atom is -0.463 e. The minimum absolute atomic E-state index is 0.0708. The van der Waals surface area contributed by atoms with Gasteiger partial charge in [-0.15, -0.1) is 0 Å². The predicted octanol–water partition coefficient (Wildman–Crippen LogP) is 7.42.